The number of anilines is 2. The number of hydrogen-bond acceptors (Lipinski definition) is 9. The van der Waals surface area contributed by atoms with Gasteiger partial charge in [0.15, 0.2) is 29.6 Å². The largest absolute Gasteiger partial charge is 0.476 e. The van der Waals surface area contributed by atoms with Crippen molar-refractivity contribution >= 4 is 34.7 Å². The summed E-state index contributed by atoms with van der Waals surface area (Å²) >= 11 is 6.58. The molecular weight excluding hydrogens is 606 g/mol. The number of aromatic nitrogens is 3. The minimum absolute atomic E-state index is 0.0420. The topological polar surface area (TPSA) is 122 Å². The molecule has 0 saturated carbocycles. The lowest BCUT2D eigenvalue weighted by atomic mass is 10.1. The van der Waals surface area contributed by atoms with Gasteiger partial charge in [0.05, 0.1) is 28.6 Å². The van der Waals surface area contributed by atoms with Crippen LogP contribution < -0.4 is 10.1 Å². The number of nitrogens with one attached hydrogen (secondary N) is 1. The van der Waals surface area contributed by atoms with E-state index in [1.54, 1.807) is 34.9 Å². The molecule has 0 radical (unpaired) electrons. The van der Waals surface area contributed by atoms with Crippen LogP contribution in [0.4, 0.5) is 20.3 Å². The van der Waals surface area contributed by atoms with Crippen LogP contribution in [0.2, 0.25) is 5.02 Å². The summed E-state index contributed by atoms with van der Waals surface area (Å²) in [5, 5.41) is 21.8. The highest BCUT2D eigenvalue weighted by Gasteiger charge is 2.26. The zero-order valence-corrected chi connectivity index (χ0v) is 25.1. The van der Waals surface area contributed by atoms with Gasteiger partial charge >= 0.3 is 0 Å². The second-order valence-electron chi connectivity index (χ2n) is 11.0. The van der Waals surface area contributed by atoms with Gasteiger partial charge in [-0.05, 0) is 36.8 Å². The van der Waals surface area contributed by atoms with Gasteiger partial charge in [-0.25, -0.2) is 14.4 Å². The normalized spacial score (nSPS) is 17.5. The summed E-state index contributed by atoms with van der Waals surface area (Å²) in [4.78, 5) is 28.4. The molecule has 234 valence electrons. The molecule has 2 fully saturated rings. The highest BCUT2D eigenvalue weighted by Crippen LogP contribution is 2.32. The Hall–Kier alpha value is -4.35. The van der Waals surface area contributed by atoms with Gasteiger partial charge in [-0.15, -0.1) is 0 Å². The number of piperazine rings is 1. The van der Waals surface area contributed by atoms with Crippen LogP contribution in [-0.4, -0.2) is 105 Å². The Morgan fingerprint density at radius 1 is 1.09 bits per heavy atom. The Bertz CT molecular complexity index is 1750. The van der Waals surface area contributed by atoms with Crippen molar-refractivity contribution in [2.75, 3.05) is 64.3 Å². The number of aliphatic hydroxyl groups is 1. The predicted octanol–water partition coefficient (Wildman–Crippen LogP) is 3.80. The molecule has 1 atom stereocenters. The Kier molecular flexibility index (Phi) is 9.09. The number of rotatable bonds is 9. The third-order valence-corrected chi connectivity index (χ3v) is 8.46. The molecule has 2 aliphatic heterocycles. The second-order valence-corrected chi connectivity index (χ2v) is 11.4. The van der Waals surface area contributed by atoms with Crippen molar-refractivity contribution in [3.63, 3.8) is 0 Å². The van der Waals surface area contributed by atoms with Crippen molar-refractivity contribution in [3.05, 3.63) is 71.1 Å². The number of hydrogen-bond donors (Lipinski definition) is 2. The van der Waals surface area contributed by atoms with Crippen molar-refractivity contribution in [3.8, 4) is 23.1 Å². The fourth-order valence-electron chi connectivity index (χ4n) is 5.70. The second kappa shape index (κ2) is 13.3. The molecule has 4 heterocycles. The van der Waals surface area contributed by atoms with Crippen LogP contribution in [0, 0.1) is 23.0 Å². The van der Waals surface area contributed by atoms with E-state index in [2.05, 4.69) is 25.1 Å². The summed E-state index contributed by atoms with van der Waals surface area (Å²) in [7, 11) is 0. The number of halogens is 3. The van der Waals surface area contributed by atoms with Gasteiger partial charge in [-0.1, -0.05) is 11.6 Å². The van der Waals surface area contributed by atoms with Crippen LogP contribution in [0.15, 0.2) is 48.9 Å². The fourth-order valence-corrected chi connectivity index (χ4v) is 5.97. The number of imidazole rings is 1. The first-order valence-electron chi connectivity index (χ1n) is 14.6. The van der Waals surface area contributed by atoms with E-state index in [1.807, 2.05) is 4.90 Å². The highest BCUT2D eigenvalue weighted by molar-refractivity contribution is 6.34. The molecule has 0 aliphatic carbocycles. The van der Waals surface area contributed by atoms with Crippen LogP contribution in [0.5, 0.6) is 5.75 Å². The molecule has 2 aliphatic rings. The number of nitrogens with zero attached hydrogens (tertiary/aromatic N) is 7. The van der Waals surface area contributed by atoms with E-state index < -0.39 is 18.2 Å². The van der Waals surface area contributed by atoms with E-state index in [-0.39, 0.29) is 34.0 Å². The first-order chi connectivity index (χ1) is 21.8. The number of ether oxygens (including phenoxy) is 1. The van der Waals surface area contributed by atoms with Gasteiger partial charge in [-0.3, -0.25) is 19.0 Å². The van der Waals surface area contributed by atoms with Crippen molar-refractivity contribution < 1.29 is 23.4 Å². The molecule has 4 aromatic rings. The van der Waals surface area contributed by atoms with Crippen LogP contribution in [0.1, 0.15) is 16.8 Å². The van der Waals surface area contributed by atoms with E-state index in [1.165, 1.54) is 24.5 Å². The Morgan fingerprint density at radius 2 is 1.89 bits per heavy atom. The lowest BCUT2D eigenvalue weighted by Crippen LogP contribution is -2.50. The molecule has 2 aromatic heterocycles. The summed E-state index contributed by atoms with van der Waals surface area (Å²) in [5.41, 5.74) is 1.56. The Morgan fingerprint density at radius 3 is 2.62 bits per heavy atom. The minimum Gasteiger partial charge on any atom is -0.476 e. The summed E-state index contributed by atoms with van der Waals surface area (Å²) in [6.07, 6.45) is 5.08. The summed E-state index contributed by atoms with van der Waals surface area (Å²) in [6.45, 7) is 5.82. The van der Waals surface area contributed by atoms with Crippen LogP contribution in [0.25, 0.3) is 16.9 Å². The quantitative estimate of drug-likeness (QED) is 0.283. The molecule has 11 nitrogen and oxygen atoms in total. The van der Waals surface area contributed by atoms with Gasteiger partial charge in [-0.2, -0.15) is 9.65 Å². The minimum atomic E-state index is -1.20. The molecular formula is C31H31ClF2N8O3. The average molecular weight is 637 g/mol. The maximum Gasteiger partial charge on any atom is 0.255 e. The maximum absolute atomic E-state index is 15.0. The summed E-state index contributed by atoms with van der Waals surface area (Å²) < 4.78 is 36.1. The van der Waals surface area contributed by atoms with Gasteiger partial charge in [0.1, 0.15) is 6.07 Å². The van der Waals surface area contributed by atoms with E-state index in [9.17, 15) is 18.7 Å². The van der Waals surface area contributed by atoms with Gasteiger partial charge in [0, 0.05) is 76.0 Å². The number of benzene rings is 2. The van der Waals surface area contributed by atoms with Crippen molar-refractivity contribution in [2.45, 2.75) is 12.5 Å². The monoisotopic (exact) mass is 636 g/mol. The summed E-state index contributed by atoms with van der Waals surface area (Å²) in [6, 6.07) is 9.38. The standard InChI is InChI=1S/C31H31ClF2N8O3/c32-24-17-20(1-2-22(24)31(44)41-14-12-39(13-15-41)10-11-40-8-5-21(43)19-40)38-29-30-37-18-25(42(30)9-7-36-29)23-3-4-26(45-16-6-35)28(34)27(23)33/h1-4,7,9,17-18,21,43H,5,8,10-16,19H2,(H,36,38). The third kappa shape index (κ3) is 6.55. The lowest BCUT2D eigenvalue weighted by molar-refractivity contribution is 0.0624. The molecule has 1 unspecified atom stereocenters. The Balaban J connectivity index is 1.11. The number of aliphatic hydroxyl groups excluding tert-OH is 1. The fraction of sp³-hybridized carbons (Fsp3) is 0.355. The zero-order chi connectivity index (χ0) is 31.5. The van der Waals surface area contributed by atoms with E-state index in [4.69, 9.17) is 21.6 Å². The molecule has 14 heteroatoms. The van der Waals surface area contributed by atoms with Crippen molar-refractivity contribution in [2.24, 2.45) is 0 Å². The smallest absolute Gasteiger partial charge is 0.255 e. The molecule has 6 rings (SSSR count). The van der Waals surface area contributed by atoms with Crippen LogP contribution in [-0.2, 0) is 0 Å². The van der Waals surface area contributed by atoms with Gasteiger partial charge in [0.2, 0.25) is 5.82 Å². The average Bonchev–Trinajstić information content (AvgIpc) is 3.67. The van der Waals surface area contributed by atoms with Crippen molar-refractivity contribution in [1.82, 2.24) is 29.1 Å². The molecule has 2 N–H and O–H groups in total. The van der Waals surface area contributed by atoms with E-state index >= 15 is 0 Å². The molecule has 0 bridgehead atoms. The van der Waals surface area contributed by atoms with E-state index in [0.29, 0.717) is 35.8 Å². The number of amides is 1. The number of carbonyl (C=O) groups is 1. The first-order valence-corrected chi connectivity index (χ1v) is 15.0. The zero-order valence-electron chi connectivity index (χ0n) is 24.3. The van der Waals surface area contributed by atoms with Gasteiger partial charge in [0.25, 0.3) is 5.91 Å². The number of likely N-dealkylation sites (tertiary alicyclic amines) is 1. The number of carbonyl (C=O) groups excluding carboxylic acids is 1. The van der Waals surface area contributed by atoms with Gasteiger partial charge < -0.3 is 20.1 Å². The number of nitriles is 1. The van der Waals surface area contributed by atoms with Crippen LogP contribution >= 0.6 is 11.6 Å². The first kappa shape index (κ1) is 30.7. The molecule has 45 heavy (non-hydrogen) atoms. The number of fused-ring (bicyclic) bond motifs is 1. The maximum atomic E-state index is 15.0. The summed E-state index contributed by atoms with van der Waals surface area (Å²) in [5.74, 6) is -2.48. The lowest BCUT2D eigenvalue weighted by Gasteiger charge is -2.35. The third-order valence-electron chi connectivity index (χ3n) is 8.14. The number of β-amino-alcohol motifs (C(OH)–C–C–N with tert-alkyl or cyclic N) is 1. The van der Waals surface area contributed by atoms with Crippen molar-refractivity contribution in [1.29, 1.82) is 5.26 Å². The predicted molar refractivity (Wildman–Crippen MR) is 164 cm³/mol. The molecule has 0 spiro atoms. The SMILES string of the molecule is N#CCOc1ccc(-c2cnc3c(Nc4ccc(C(=O)N5CCN(CCN6CCC(O)C6)CC5)c(Cl)c4)nccn23)c(F)c1F. The molecule has 1 amide bonds. The van der Waals surface area contributed by atoms with E-state index in [0.717, 1.165) is 45.7 Å². The highest BCUT2D eigenvalue weighted by atomic mass is 35.5. The molecule has 2 aromatic carbocycles. The Labute approximate surface area is 263 Å². The molecule has 2 saturated heterocycles. The van der Waals surface area contributed by atoms with Crippen LogP contribution in [0.3, 0.4) is 0 Å².